The van der Waals surface area contributed by atoms with Gasteiger partial charge in [0.05, 0.1) is 11.8 Å². The van der Waals surface area contributed by atoms with E-state index in [4.69, 9.17) is 4.42 Å². The van der Waals surface area contributed by atoms with Crippen molar-refractivity contribution >= 4 is 11.8 Å². The van der Waals surface area contributed by atoms with E-state index in [-0.39, 0.29) is 11.8 Å². The van der Waals surface area contributed by atoms with Crippen LogP contribution in [0.2, 0.25) is 0 Å². The summed E-state index contributed by atoms with van der Waals surface area (Å²) in [6, 6.07) is 19.8. The van der Waals surface area contributed by atoms with E-state index in [1.165, 1.54) is 18.1 Å². The van der Waals surface area contributed by atoms with Crippen molar-refractivity contribution in [3.8, 4) is 0 Å². The van der Waals surface area contributed by atoms with Gasteiger partial charge in [0, 0.05) is 31.7 Å². The quantitative estimate of drug-likeness (QED) is 0.670. The maximum absolute atomic E-state index is 13.1. The van der Waals surface area contributed by atoms with Gasteiger partial charge in [-0.2, -0.15) is 0 Å². The monoisotopic (exact) mass is 388 g/mol. The molecule has 1 saturated heterocycles. The van der Waals surface area contributed by atoms with Crippen LogP contribution in [-0.4, -0.2) is 47.8 Å². The predicted octanol–water partition coefficient (Wildman–Crippen LogP) is 3.66. The highest BCUT2D eigenvalue weighted by Crippen LogP contribution is 2.17. The molecule has 0 unspecified atom stereocenters. The number of furan rings is 1. The summed E-state index contributed by atoms with van der Waals surface area (Å²) < 4.78 is 5.00. The lowest BCUT2D eigenvalue weighted by Crippen LogP contribution is -2.50. The van der Waals surface area contributed by atoms with Gasteiger partial charge in [-0.1, -0.05) is 48.5 Å². The lowest BCUT2D eigenvalue weighted by Gasteiger charge is -2.35. The fourth-order valence-electron chi connectivity index (χ4n) is 3.72. The Morgan fingerprint density at radius 2 is 1.41 bits per heavy atom. The second-order valence-corrected chi connectivity index (χ2v) is 7.24. The molecule has 0 bridgehead atoms. The van der Waals surface area contributed by atoms with Crippen molar-refractivity contribution in [1.29, 1.82) is 0 Å². The number of aryl methyl sites for hydroxylation is 2. The molecular weight excluding hydrogens is 364 g/mol. The van der Waals surface area contributed by atoms with Gasteiger partial charge in [0.15, 0.2) is 0 Å². The van der Waals surface area contributed by atoms with Crippen molar-refractivity contribution in [1.82, 2.24) is 9.80 Å². The summed E-state index contributed by atoms with van der Waals surface area (Å²) in [4.78, 5) is 29.2. The van der Waals surface area contributed by atoms with Gasteiger partial charge in [0.2, 0.25) is 0 Å². The maximum Gasteiger partial charge on any atom is 0.257 e. The minimum absolute atomic E-state index is 0.0454. The van der Waals surface area contributed by atoms with Crippen LogP contribution < -0.4 is 0 Å². The van der Waals surface area contributed by atoms with Crippen LogP contribution in [-0.2, 0) is 12.8 Å². The van der Waals surface area contributed by atoms with Crippen LogP contribution in [0.15, 0.2) is 77.6 Å². The Hall–Kier alpha value is -3.34. The molecule has 0 spiro atoms. The zero-order valence-corrected chi connectivity index (χ0v) is 16.3. The smallest absolute Gasteiger partial charge is 0.257 e. The molecule has 0 aliphatic carbocycles. The molecule has 29 heavy (non-hydrogen) atoms. The first-order chi connectivity index (χ1) is 14.2. The summed E-state index contributed by atoms with van der Waals surface area (Å²) in [6.45, 7) is 2.13. The number of hydrogen-bond acceptors (Lipinski definition) is 3. The molecule has 0 N–H and O–H groups in total. The number of carbonyl (C=O) groups excluding carboxylic acids is 2. The molecule has 0 atom stereocenters. The molecule has 4 rings (SSSR count). The number of amides is 2. The molecule has 1 aliphatic rings. The molecule has 3 aromatic rings. The zero-order chi connectivity index (χ0) is 20.1. The van der Waals surface area contributed by atoms with E-state index in [1.54, 1.807) is 11.0 Å². The predicted molar refractivity (Wildman–Crippen MR) is 111 cm³/mol. The van der Waals surface area contributed by atoms with Crippen molar-refractivity contribution in [2.24, 2.45) is 0 Å². The summed E-state index contributed by atoms with van der Waals surface area (Å²) in [5.74, 6) is -0.00168. The summed E-state index contributed by atoms with van der Waals surface area (Å²) >= 11 is 0. The Morgan fingerprint density at radius 3 is 2.10 bits per heavy atom. The Kier molecular flexibility index (Phi) is 5.75. The molecule has 5 nitrogen and oxygen atoms in total. The molecule has 2 aromatic carbocycles. The van der Waals surface area contributed by atoms with E-state index in [2.05, 4.69) is 12.1 Å². The zero-order valence-electron chi connectivity index (χ0n) is 16.3. The maximum atomic E-state index is 13.1. The van der Waals surface area contributed by atoms with Crippen LogP contribution in [0.5, 0.6) is 0 Å². The Balaban J connectivity index is 1.39. The van der Waals surface area contributed by atoms with E-state index in [0.29, 0.717) is 31.7 Å². The Labute approximate surface area is 170 Å². The molecule has 0 saturated carbocycles. The highest BCUT2D eigenvalue weighted by Gasteiger charge is 2.26. The molecule has 1 aromatic heterocycles. The number of piperazine rings is 1. The number of benzene rings is 2. The highest BCUT2D eigenvalue weighted by molar-refractivity contribution is 5.96. The summed E-state index contributed by atoms with van der Waals surface area (Å²) in [7, 11) is 0. The second kappa shape index (κ2) is 8.78. The van der Waals surface area contributed by atoms with Gasteiger partial charge in [0.1, 0.15) is 6.26 Å². The van der Waals surface area contributed by atoms with Gasteiger partial charge < -0.3 is 14.2 Å². The summed E-state index contributed by atoms with van der Waals surface area (Å²) in [6.07, 6.45) is 4.69. The standard InChI is InChI=1S/C24H24N2O3/c27-23(21-12-17-29-18-21)25-13-15-26(16-14-25)24(28)22-9-5-4-8-20(22)11-10-19-6-2-1-3-7-19/h1-9,12,17-18H,10-11,13-16H2. The van der Waals surface area contributed by atoms with Gasteiger partial charge in [-0.25, -0.2) is 0 Å². The van der Waals surface area contributed by atoms with Crippen LogP contribution in [0.4, 0.5) is 0 Å². The van der Waals surface area contributed by atoms with Crippen molar-refractivity contribution in [2.75, 3.05) is 26.2 Å². The van der Waals surface area contributed by atoms with E-state index in [9.17, 15) is 9.59 Å². The third-order valence-corrected chi connectivity index (χ3v) is 5.40. The van der Waals surface area contributed by atoms with Crippen LogP contribution in [0.25, 0.3) is 0 Å². The third kappa shape index (κ3) is 4.40. The average Bonchev–Trinajstić information content (AvgIpc) is 3.33. The van der Waals surface area contributed by atoms with Crippen LogP contribution in [0.1, 0.15) is 31.8 Å². The summed E-state index contributed by atoms with van der Waals surface area (Å²) in [5, 5.41) is 0. The molecule has 0 radical (unpaired) electrons. The normalized spacial score (nSPS) is 14.1. The lowest BCUT2D eigenvalue weighted by molar-refractivity contribution is 0.0534. The first kappa shape index (κ1) is 19.0. The van der Waals surface area contributed by atoms with Crippen molar-refractivity contribution in [3.05, 3.63) is 95.4 Å². The largest absolute Gasteiger partial charge is 0.472 e. The number of rotatable bonds is 5. The minimum Gasteiger partial charge on any atom is -0.472 e. The summed E-state index contributed by atoms with van der Waals surface area (Å²) in [5.41, 5.74) is 3.65. The molecule has 2 heterocycles. The molecule has 5 heteroatoms. The number of carbonyl (C=O) groups is 2. The number of nitrogens with zero attached hydrogens (tertiary/aromatic N) is 2. The Morgan fingerprint density at radius 1 is 0.759 bits per heavy atom. The van der Waals surface area contributed by atoms with Crippen LogP contribution >= 0.6 is 0 Å². The Bertz CT molecular complexity index is 959. The van der Waals surface area contributed by atoms with Gasteiger partial charge in [-0.05, 0) is 36.1 Å². The first-order valence-electron chi connectivity index (χ1n) is 9.95. The van der Waals surface area contributed by atoms with Crippen LogP contribution in [0.3, 0.4) is 0 Å². The molecular formula is C24H24N2O3. The average molecular weight is 388 g/mol. The lowest BCUT2D eigenvalue weighted by atomic mass is 9.99. The molecule has 1 aliphatic heterocycles. The SMILES string of the molecule is O=C(c1ccoc1)N1CCN(C(=O)c2ccccc2CCc2ccccc2)CC1. The number of hydrogen-bond donors (Lipinski definition) is 0. The van der Waals surface area contributed by atoms with Gasteiger partial charge in [0.25, 0.3) is 11.8 Å². The van der Waals surface area contributed by atoms with Gasteiger partial charge in [-0.3, -0.25) is 9.59 Å². The van der Waals surface area contributed by atoms with E-state index < -0.39 is 0 Å². The van der Waals surface area contributed by atoms with Gasteiger partial charge >= 0.3 is 0 Å². The van der Waals surface area contributed by atoms with Crippen LogP contribution in [0, 0.1) is 0 Å². The fraction of sp³-hybridized carbons (Fsp3) is 0.250. The van der Waals surface area contributed by atoms with Crippen molar-refractivity contribution < 1.29 is 14.0 Å². The third-order valence-electron chi connectivity index (χ3n) is 5.40. The van der Waals surface area contributed by atoms with Crippen molar-refractivity contribution in [2.45, 2.75) is 12.8 Å². The molecule has 2 amide bonds. The first-order valence-corrected chi connectivity index (χ1v) is 9.95. The van der Waals surface area contributed by atoms with Gasteiger partial charge in [-0.15, -0.1) is 0 Å². The second-order valence-electron chi connectivity index (χ2n) is 7.24. The fourth-order valence-corrected chi connectivity index (χ4v) is 3.72. The van der Waals surface area contributed by atoms with E-state index in [0.717, 1.165) is 24.0 Å². The highest BCUT2D eigenvalue weighted by atomic mass is 16.3. The van der Waals surface area contributed by atoms with E-state index >= 15 is 0 Å². The topological polar surface area (TPSA) is 53.8 Å². The molecule has 1 fully saturated rings. The van der Waals surface area contributed by atoms with Crippen molar-refractivity contribution in [3.63, 3.8) is 0 Å². The minimum atomic E-state index is -0.0471. The molecule has 148 valence electrons. The van der Waals surface area contributed by atoms with E-state index in [1.807, 2.05) is 47.4 Å².